The normalized spacial score (nSPS) is 14.5. The van der Waals surface area contributed by atoms with Crippen molar-refractivity contribution >= 4 is 160 Å². The van der Waals surface area contributed by atoms with E-state index in [1.165, 1.54) is 46.4 Å². The van der Waals surface area contributed by atoms with Crippen molar-refractivity contribution in [1.82, 2.24) is 95.3 Å². The molecule has 1 fully saturated rings. The predicted molar refractivity (Wildman–Crippen MR) is 503 cm³/mol. The number of aliphatic carboxylic acids is 3. The Bertz CT molecular complexity index is 6220. The van der Waals surface area contributed by atoms with Gasteiger partial charge in [0.25, 0.3) is 21.9 Å². The molecule has 0 radical (unpaired) electrons. The molecule has 740 valence electrons. The minimum absolute atomic E-state index is 0.00781. The van der Waals surface area contributed by atoms with Crippen LogP contribution in [0.2, 0.25) is 0 Å². The Kier molecular flexibility index (Phi) is 39.6. The smallest absolute Gasteiger partial charge is 0.480 e. The number of hydrogen-bond donors (Lipinski definition) is 17. The van der Waals surface area contributed by atoms with E-state index in [2.05, 4.69) is 77.2 Å². The van der Waals surface area contributed by atoms with Crippen LogP contribution in [0.5, 0.6) is 0 Å². The number of aromatic nitrogens is 6. The second-order valence-corrected chi connectivity index (χ2v) is 39.3. The molecule has 2 unspecified atom stereocenters. The van der Waals surface area contributed by atoms with Gasteiger partial charge in [-0.15, -0.1) is 0 Å². The monoisotopic (exact) mass is 2070 g/mol. The number of aromatic amines is 2. The van der Waals surface area contributed by atoms with Crippen molar-refractivity contribution in [2.24, 2.45) is 0 Å². The first-order valence-corrected chi connectivity index (χ1v) is 50.8. The number of sulfonamides is 2. The van der Waals surface area contributed by atoms with E-state index in [0.29, 0.717) is 50.8 Å². The number of imidazole rings is 2. The van der Waals surface area contributed by atoms with Crippen molar-refractivity contribution in [3.63, 3.8) is 0 Å². The van der Waals surface area contributed by atoms with Crippen molar-refractivity contribution < 1.29 is 106 Å². The first-order chi connectivity index (χ1) is 64.8. The number of benzene rings is 4. The van der Waals surface area contributed by atoms with Gasteiger partial charge in [-0.05, 0) is 125 Å². The number of pyridine rings is 2. The third-order valence-corrected chi connectivity index (χ3v) is 28.1. The van der Waals surface area contributed by atoms with Crippen LogP contribution in [0, 0.1) is 41.5 Å². The SMILES string of the molecule is CC[C@H](NC(=O)CC[C@H](NC(=O)CN1CCN(CC(=O)O)CCN(CC(=O)O)CCN(CC(=O)[O][InH2])CC1)C(=O)N[C@@H](CS(=O)(=O)O)C(=O)NCCCn1cc(C(=O)NCC(NS(=O)(=O)c2c(C)cc(C)cc2C)C(C)=O)c(=O)c2ccc(CNc3ncc[nH]3)cc21)C(=O)NCCCn1cc(C(=O)NCC(NS(=O)(=O)c2c(C)cc(C)cc2C)C(=O)O)c(=O)c2ccc(CNc3ncc[nH]3)cc21. The minimum atomic E-state index is -5.20. The molecule has 0 spiro atoms. The number of rotatable bonds is 48. The number of anilines is 2. The number of carbonyl (C=O) groups excluding carboxylic acids is 9. The number of nitrogens with one attached hydrogen (secondary N) is 13. The zero-order valence-electron chi connectivity index (χ0n) is 77.2. The van der Waals surface area contributed by atoms with Gasteiger partial charge in [0, 0.05) is 107 Å². The van der Waals surface area contributed by atoms with Gasteiger partial charge in [-0.2, -0.15) is 17.9 Å². The molecule has 17 N–H and O–H groups in total. The Hall–Kier alpha value is -12.4. The van der Waals surface area contributed by atoms with Gasteiger partial charge in [-0.1, -0.05) is 54.4 Å². The maximum absolute atomic E-state index is 14.9. The summed E-state index contributed by atoms with van der Waals surface area (Å²) in [5, 5.41) is 53.8. The Morgan fingerprint density at radius 2 is 0.912 bits per heavy atom. The fourth-order valence-electron chi connectivity index (χ4n) is 15.9. The molecule has 8 aromatic rings. The Morgan fingerprint density at radius 3 is 1.31 bits per heavy atom. The summed E-state index contributed by atoms with van der Waals surface area (Å²) in [6.07, 6.45) is 7.32. The summed E-state index contributed by atoms with van der Waals surface area (Å²) in [6, 6.07) is 7.34. The fourth-order valence-corrected chi connectivity index (χ4v) is 20.2. The van der Waals surface area contributed by atoms with Crippen LogP contribution >= 0.6 is 0 Å². The average molecular weight is 2070 g/mol. The van der Waals surface area contributed by atoms with Gasteiger partial charge in [0.15, 0.2) is 11.9 Å². The van der Waals surface area contributed by atoms with Crippen molar-refractivity contribution in [1.29, 1.82) is 0 Å². The van der Waals surface area contributed by atoms with E-state index in [1.54, 1.807) is 129 Å². The van der Waals surface area contributed by atoms with Crippen molar-refractivity contribution in [2.45, 2.75) is 154 Å². The Labute approximate surface area is 804 Å². The molecule has 46 nitrogen and oxygen atoms in total. The Balaban J connectivity index is 0.931. The number of carbonyl (C=O) groups is 12. The molecule has 1 aliphatic heterocycles. The summed E-state index contributed by atoms with van der Waals surface area (Å²) in [5.74, 6) is -13.0. The fraction of sp³-hybridized carbons (Fsp3) is 0.448. The molecular formula is C87H116InN21O25S3. The molecule has 5 heterocycles. The van der Waals surface area contributed by atoms with E-state index in [4.69, 9.17) is 2.85 Å². The molecule has 1 saturated heterocycles. The van der Waals surface area contributed by atoms with Crippen LogP contribution in [-0.2, 0) is 107 Å². The Morgan fingerprint density at radius 1 is 0.504 bits per heavy atom. The topological polar surface area (TPSA) is 644 Å². The molecule has 50 heteroatoms. The van der Waals surface area contributed by atoms with Gasteiger partial charge in [-0.25, -0.2) is 26.8 Å². The molecule has 0 aliphatic carbocycles. The van der Waals surface area contributed by atoms with Crippen molar-refractivity contribution in [3.05, 3.63) is 174 Å². The molecule has 0 bridgehead atoms. The molecule has 7 amide bonds. The zero-order chi connectivity index (χ0) is 100. The zero-order valence-corrected chi connectivity index (χ0v) is 85.3. The van der Waals surface area contributed by atoms with Gasteiger partial charge in [0.05, 0.1) is 26.9 Å². The van der Waals surface area contributed by atoms with Crippen LogP contribution < -0.4 is 68.2 Å². The van der Waals surface area contributed by atoms with E-state index in [9.17, 15) is 112 Å². The van der Waals surface area contributed by atoms with Crippen LogP contribution in [-0.4, -0.2) is 330 Å². The summed E-state index contributed by atoms with van der Waals surface area (Å²) in [7, 11) is -14.1. The van der Waals surface area contributed by atoms with E-state index in [-0.39, 0.29) is 144 Å². The van der Waals surface area contributed by atoms with E-state index >= 15 is 0 Å². The van der Waals surface area contributed by atoms with E-state index < -0.39 is 229 Å². The summed E-state index contributed by atoms with van der Waals surface area (Å²) in [5.41, 5.74) is 2.47. The summed E-state index contributed by atoms with van der Waals surface area (Å²) in [6.45, 7) is 9.47. The van der Waals surface area contributed by atoms with Crippen LogP contribution in [0.25, 0.3) is 21.8 Å². The molecular weight excluding hydrogens is 1950 g/mol. The van der Waals surface area contributed by atoms with Crippen LogP contribution in [0.15, 0.2) is 117 Å². The minimum Gasteiger partial charge on any atom is -0.480 e. The second-order valence-electron chi connectivity index (χ2n) is 33.3. The molecule has 4 aromatic heterocycles. The molecule has 5 atom stereocenters. The quantitative estimate of drug-likeness (QED) is 0.0151. The number of aryl methyl sites for hydroxylation is 8. The molecule has 0 saturated carbocycles. The number of hydrogen-bond acceptors (Lipinski definition) is 29. The van der Waals surface area contributed by atoms with Crippen LogP contribution in [0.3, 0.4) is 0 Å². The number of fused-ring (bicyclic) bond motifs is 2. The van der Waals surface area contributed by atoms with Crippen molar-refractivity contribution in [3.8, 4) is 0 Å². The van der Waals surface area contributed by atoms with Gasteiger partial charge >= 0.3 is 199 Å². The van der Waals surface area contributed by atoms with Gasteiger partial charge < -0.3 is 71.8 Å². The van der Waals surface area contributed by atoms with Crippen LogP contribution in [0.4, 0.5) is 11.9 Å². The predicted octanol–water partition coefficient (Wildman–Crippen LogP) is -1.61. The van der Waals surface area contributed by atoms with Gasteiger partial charge in [0.1, 0.15) is 40.8 Å². The summed E-state index contributed by atoms with van der Waals surface area (Å²) in [4.78, 5) is 212. The van der Waals surface area contributed by atoms with Gasteiger partial charge in [0.2, 0.25) is 48.6 Å². The number of Topliss-reactive ketones (excluding diaryl/α,β-unsaturated/α-hetero) is 1. The molecule has 9 rings (SSSR count). The number of carboxylic acid groups (broad SMARTS) is 3. The number of nitrogens with zero attached hydrogens (tertiary/aromatic N) is 8. The summed E-state index contributed by atoms with van der Waals surface area (Å²) < 4.78 is 104. The third kappa shape index (κ3) is 32.4. The van der Waals surface area contributed by atoms with E-state index in [0.717, 1.165) is 18.1 Å². The molecule has 137 heavy (non-hydrogen) atoms. The van der Waals surface area contributed by atoms with Crippen LogP contribution in [0.1, 0.15) is 111 Å². The average Bonchev–Trinajstić information content (AvgIpc) is 0.950. The number of amides is 7. The third-order valence-electron chi connectivity index (χ3n) is 22.5. The van der Waals surface area contributed by atoms with Crippen molar-refractivity contribution in [2.75, 3.05) is 121 Å². The number of H-pyrrole nitrogens is 2. The van der Waals surface area contributed by atoms with Gasteiger partial charge in [-0.3, -0.25) is 57.3 Å². The second kappa shape index (κ2) is 50.1. The molecule has 1 aliphatic rings. The molecule has 4 aromatic carbocycles. The first kappa shape index (κ1) is 108. The standard InChI is InChI=1S/C87H115N21O25S3.In.2H/c1-9-64(82(122)88-18-10-24-107-45-63(77(119)61-15-13-59(39-70(61)107)41-97-87-92-22-23-93-87)81(121)95-43-67(85(125)126)102-136(132,133)79-55(6)36-52(3)37-56(79)7)98-71(110)17-16-65(99-72(111)46-103-26-28-104(47-73(112)113)30-32-106(49-75(116)117)33-31-105(29-27-103)48-74(114)115)84(124)100-68(50-134(127,128)129)83(123)89-19-11-25-108-44-62(76(118)60-14-12-58(38-69(60)108)40-96-86-90-20-21-91-86)80(120)94-42-66(57(8)109)101-135(130,131)78-53(4)34-51(2)35-54(78)5;;;/h12-15,20-23,34-39,44-45,64-68,101-102H,9-11,16-19,24-33,40-43,46-50H2,1-8H3,(H,88,122)(H,89,123)(H,94,120)(H,95,121)(H,98,110)(H,99,111)(H,100,124)(H,112,113)(H,114,115)(H,116,117)(H,125,126)(H2,90,91,96)(H2,92,93,97)(H,127,128,129);;;/q;+1;;/p-1/t64-,65-,66?,67?,68-;;;/m0.../s1. The maximum atomic E-state index is 14.9. The number of ketones is 1. The summed E-state index contributed by atoms with van der Waals surface area (Å²) >= 11 is -0.534. The first-order valence-electron chi connectivity index (χ1n) is 43.9. The van der Waals surface area contributed by atoms with E-state index in [1.807, 2.05) is 0 Å². The number of carboxylic acids is 3.